The molecule has 1 heterocycles. The molecule has 1 amide bonds. The number of aromatic nitrogens is 2. The topological polar surface area (TPSA) is 84.2 Å². The maximum atomic E-state index is 12.7. The highest BCUT2D eigenvalue weighted by Crippen LogP contribution is 2.30. The van der Waals surface area contributed by atoms with Crippen LogP contribution in [0, 0.1) is 0 Å². The highest BCUT2D eigenvalue weighted by atomic mass is 16.4. The molecular formula is C20H25N3O3. The van der Waals surface area contributed by atoms with Crippen molar-refractivity contribution >= 4 is 11.9 Å². The minimum Gasteiger partial charge on any atom is -0.481 e. The molecule has 1 atom stereocenters. The van der Waals surface area contributed by atoms with Gasteiger partial charge in [0.25, 0.3) is 5.91 Å². The zero-order valence-electron chi connectivity index (χ0n) is 15.0. The van der Waals surface area contributed by atoms with Crippen LogP contribution in [0.1, 0.15) is 61.1 Å². The van der Waals surface area contributed by atoms with E-state index in [1.807, 2.05) is 25.1 Å². The van der Waals surface area contributed by atoms with Crippen LogP contribution in [-0.4, -0.2) is 33.3 Å². The van der Waals surface area contributed by atoms with E-state index in [9.17, 15) is 14.7 Å². The summed E-state index contributed by atoms with van der Waals surface area (Å²) in [4.78, 5) is 24.8. The number of carbonyl (C=O) groups is 2. The Bertz CT molecular complexity index is 766. The predicted octanol–water partition coefficient (Wildman–Crippen LogP) is 3.16. The fraction of sp³-hybridized carbons (Fsp3) is 0.450. The van der Waals surface area contributed by atoms with E-state index in [0.29, 0.717) is 17.7 Å². The summed E-state index contributed by atoms with van der Waals surface area (Å²) in [6.45, 7) is 1.87. The molecule has 26 heavy (non-hydrogen) atoms. The van der Waals surface area contributed by atoms with Crippen molar-refractivity contribution in [3.63, 3.8) is 0 Å². The second kappa shape index (κ2) is 7.72. The van der Waals surface area contributed by atoms with Crippen molar-refractivity contribution in [2.75, 3.05) is 6.54 Å². The number of nitrogens with one attached hydrogen (secondary N) is 1. The van der Waals surface area contributed by atoms with E-state index in [2.05, 4.69) is 10.4 Å². The summed E-state index contributed by atoms with van der Waals surface area (Å²) in [6.07, 6.45) is 6.37. The van der Waals surface area contributed by atoms with Crippen molar-refractivity contribution in [1.29, 1.82) is 0 Å². The molecule has 1 aliphatic carbocycles. The number of carboxylic acid groups (broad SMARTS) is 1. The van der Waals surface area contributed by atoms with Gasteiger partial charge in [0.15, 0.2) is 0 Å². The summed E-state index contributed by atoms with van der Waals surface area (Å²) < 4.78 is 1.79. The SMILES string of the molecule is CCC(CNC(=O)c1ccnn1C1CCCC1)(C(=O)O)c1ccccc1. The Labute approximate surface area is 153 Å². The van der Waals surface area contributed by atoms with E-state index in [1.54, 1.807) is 29.1 Å². The molecule has 0 radical (unpaired) electrons. The second-order valence-electron chi connectivity index (χ2n) is 6.89. The zero-order valence-corrected chi connectivity index (χ0v) is 15.0. The molecule has 3 rings (SSSR count). The van der Waals surface area contributed by atoms with E-state index in [4.69, 9.17) is 0 Å². The molecule has 1 aromatic heterocycles. The van der Waals surface area contributed by atoms with Gasteiger partial charge in [-0.05, 0) is 30.9 Å². The molecule has 0 bridgehead atoms. The summed E-state index contributed by atoms with van der Waals surface area (Å²) in [5.74, 6) is -1.21. The fourth-order valence-corrected chi connectivity index (χ4v) is 3.79. The Morgan fingerprint density at radius 3 is 2.54 bits per heavy atom. The molecule has 138 valence electrons. The third-order valence-corrected chi connectivity index (χ3v) is 5.46. The first-order valence-corrected chi connectivity index (χ1v) is 9.19. The van der Waals surface area contributed by atoms with E-state index in [0.717, 1.165) is 25.7 Å². The fourth-order valence-electron chi connectivity index (χ4n) is 3.79. The molecule has 0 spiro atoms. The lowest BCUT2D eigenvalue weighted by atomic mass is 9.78. The molecule has 2 N–H and O–H groups in total. The summed E-state index contributed by atoms with van der Waals surface area (Å²) in [6, 6.07) is 11.0. The average molecular weight is 355 g/mol. The first kappa shape index (κ1) is 18.2. The number of carboxylic acids is 1. The molecule has 1 fully saturated rings. The van der Waals surface area contributed by atoms with Gasteiger partial charge >= 0.3 is 5.97 Å². The highest BCUT2D eigenvalue weighted by molar-refractivity contribution is 5.93. The number of hydrogen-bond acceptors (Lipinski definition) is 3. The van der Waals surface area contributed by atoms with Gasteiger partial charge in [0.1, 0.15) is 11.1 Å². The van der Waals surface area contributed by atoms with Crippen LogP contribution in [0.25, 0.3) is 0 Å². The third-order valence-electron chi connectivity index (χ3n) is 5.46. The normalized spacial score (nSPS) is 17.0. The van der Waals surface area contributed by atoms with Crippen molar-refractivity contribution < 1.29 is 14.7 Å². The zero-order chi connectivity index (χ0) is 18.6. The minimum atomic E-state index is -1.14. The molecule has 0 aliphatic heterocycles. The average Bonchev–Trinajstić information content (AvgIpc) is 3.34. The van der Waals surface area contributed by atoms with Gasteiger partial charge in [-0.1, -0.05) is 50.1 Å². The third kappa shape index (κ3) is 3.36. The number of benzene rings is 1. The van der Waals surface area contributed by atoms with E-state index >= 15 is 0 Å². The Balaban J connectivity index is 1.79. The smallest absolute Gasteiger partial charge is 0.315 e. The number of hydrogen-bond donors (Lipinski definition) is 2. The van der Waals surface area contributed by atoms with Crippen LogP contribution in [0.3, 0.4) is 0 Å². The van der Waals surface area contributed by atoms with Crippen LogP contribution in [0.15, 0.2) is 42.6 Å². The number of carbonyl (C=O) groups excluding carboxylic acids is 1. The second-order valence-corrected chi connectivity index (χ2v) is 6.89. The first-order valence-electron chi connectivity index (χ1n) is 9.19. The van der Waals surface area contributed by atoms with Crippen molar-refractivity contribution in [3.05, 3.63) is 53.9 Å². The number of aliphatic carboxylic acids is 1. The Hall–Kier alpha value is -2.63. The summed E-state index contributed by atoms with van der Waals surface area (Å²) >= 11 is 0. The lowest BCUT2D eigenvalue weighted by Crippen LogP contribution is -2.46. The van der Waals surface area contributed by atoms with Gasteiger partial charge in [-0.25, -0.2) is 0 Å². The van der Waals surface area contributed by atoms with E-state index in [1.165, 1.54) is 0 Å². The van der Waals surface area contributed by atoms with Crippen LogP contribution in [0.2, 0.25) is 0 Å². The van der Waals surface area contributed by atoms with Gasteiger partial charge in [0, 0.05) is 12.7 Å². The molecule has 1 aromatic carbocycles. The van der Waals surface area contributed by atoms with Crippen LogP contribution in [-0.2, 0) is 10.2 Å². The van der Waals surface area contributed by atoms with Crippen LogP contribution in [0.4, 0.5) is 0 Å². The summed E-state index contributed by atoms with van der Waals surface area (Å²) in [5.41, 5.74) is 0.0507. The molecule has 6 heteroatoms. The number of amides is 1. The van der Waals surface area contributed by atoms with E-state index < -0.39 is 11.4 Å². The van der Waals surface area contributed by atoms with Crippen molar-refractivity contribution in [2.24, 2.45) is 0 Å². The maximum absolute atomic E-state index is 12.7. The van der Waals surface area contributed by atoms with Gasteiger partial charge < -0.3 is 10.4 Å². The van der Waals surface area contributed by atoms with Gasteiger partial charge in [-0.3, -0.25) is 14.3 Å². The molecule has 1 saturated carbocycles. The first-order chi connectivity index (χ1) is 12.6. The molecule has 1 aliphatic rings. The monoisotopic (exact) mass is 355 g/mol. The van der Waals surface area contributed by atoms with Crippen molar-refractivity contribution in [1.82, 2.24) is 15.1 Å². The van der Waals surface area contributed by atoms with Crippen LogP contribution < -0.4 is 5.32 Å². The van der Waals surface area contributed by atoms with Gasteiger partial charge in [-0.15, -0.1) is 0 Å². The molecule has 2 aromatic rings. The number of rotatable bonds is 7. The maximum Gasteiger partial charge on any atom is 0.315 e. The lowest BCUT2D eigenvalue weighted by molar-refractivity contribution is -0.143. The molecular weight excluding hydrogens is 330 g/mol. The quantitative estimate of drug-likeness (QED) is 0.799. The largest absolute Gasteiger partial charge is 0.481 e. The van der Waals surface area contributed by atoms with Gasteiger partial charge in [0.05, 0.1) is 6.04 Å². The van der Waals surface area contributed by atoms with Gasteiger partial charge in [0.2, 0.25) is 0 Å². The summed E-state index contributed by atoms with van der Waals surface area (Å²) in [7, 11) is 0. The standard InChI is InChI=1S/C20H25N3O3/c1-2-20(19(25)26,15-8-4-3-5-9-15)14-21-18(24)17-12-13-22-23(17)16-10-6-7-11-16/h3-5,8-9,12-13,16H,2,6-7,10-11,14H2,1H3,(H,21,24)(H,25,26). The Morgan fingerprint density at radius 2 is 1.92 bits per heavy atom. The molecule has 1 unspecified atom stereocenters. The molecule has 6 nitrogen and oxygen atoms in total. The van der Waals surface area contributed by atoms with E-state index in [-0.39, 0.29) is 18.5 Å². The lowest BCUT2D eigenvalue weighted by Gasteiger charge is -2.29. The van der Waals surface area contributed by atoms with Crippen LogP contribution >= 0.6 is 0 Å². The highest BCUT2D eigenvalue weighted by Gasteiger charge is 2.39. The number of nitrogens with zero attached hydrogens (tertiary/aromatic N) is 2. The van der Waals surface area contributed by atoms with Crippen molar-refractivity contribution in [2.45, 2.75) is 50.5 Å². The summed E-state index contributed by atoms with van der Waals surface area (Å²) in [5, 5.41) is 17.0. The molecule has 0 saturated heterocycles. The van der Waals surface area contributed by atoms with Crippen LogP contribution in [0.5, 0.6) is 0 Å². The Morgan fingerprint density at radius 1 is 1.23 bits per heavy atom. The predicted molar refractivity (Wildman–Crippen MR) is 98.1 cm³/mol. The Kier molecular flexibility index (Phi) is 5.40. The van der Waals surface area contributed by atoms with Gasteiger partial charge in [-0.2, -0.15) is 5.10 Å². The van der Waals surface area contributed by atoms with Crippen molar-refractivity contribution in [3.8, 4) is 0 Å². The minimum absolute atomic E-state index is 0.0392.